The Morgan fingerprint density at radius 2 is 1.90 bits per heavy atom. The molecule has 5 nitrogen and oxygen atoms in total. The normalized spacial score (nSPS) is 10.2. The number of rotatable bonds is 4. The molecule has 0 N–H and O–H groups in total. The van der Waals surface area contributed by atoms with E-state index in [0.29, 0.717) is 12.2 Å². The molecule has 2 aromatic rings. The Kier molecular flexibility index (Phi) is 4.27. The highest BCUT2D eigenvalue weighted by molar-refractivity contribution is 6.06. The first-order valence-corrected chi connectivity index (χ1v) is 6.35. The van der Waals surface area contributed by atoms with E-state index in [9.17, 15) is 19.3 Å². The second-order valence-corrected chi connectivity index (χ2v) is 4.33. The van der Waals surface area contributed by atoms with Crippen LogP contribution in [0.2, 0.25) is 0 Å². The van der Waals surface area contributed by atoms with Crippen molar-refractivity contribution in [3.63, 3.8) is 0 Å². The van der Waals surface area contributed by atoms with Gasteiger partial charge in [-0.3, -0.25) is 14.9 Å². The maximum atomic E-state index is 12.9. The lowest BCUT2D eigenvalue weighted by Gasteiger charge is -2.21. The van der Waals surface area contributed by atoms with Crippen LogP contribution in [0.15, 0.2) is 48.5 Å². The number of nitrogens with zero attached hydrogens (tertiary/aromatic N) is 2. The summed E-state index contributed by atoms with van der Waals surface area (Å²) in [6.45, 7) is 2.14. The van der Waals surface area contributed by atoms with Gasteiger partial charge in [-0.1, -0.05) is 6.07 Å². The molecule has 108 valence electrons. The van der Waals surface area contributed by atoms with Crippen molar-refractivity contribution in [3.05, 3.63) is 70.0 Å². The topological polar surface area (TPSA) is 63.5 Å². The summed E-state index contributed by atoms with van der Waals surface area (Å²) < 4.78 is 12.9. The van der Waals surface area contributed by atoms with Gasteiger partial charge in [0, 0.05) is 29.9 Å². The Morgan fingerprint density at radius 1 is 1.24 bits per heavy atom. The second-order valence-electron chi connectivity index (χ2n) is 4.33. The number of nitro benzene ring substituents is 1. The van der Waals surface area contributed by atoms with Crippen molar-refractivity contribution in [2.75, 3.05) is 11.4 Å². The molecular weight excluding hydrogens is 275 g/mol. The molecule has 0 atom stereocenters. The number of anilines is 1. The Hall–Kier alpha value is -2.76. The number of nitro groups is 1. The van der Waals surface area contributed by atoms with Crippen molar-refractivity contribution in [2.24, 2.45) is 0 Å². The molecular formula is C15H13FN2O3. The number of benzene rings is 2. The van der Waals surface area contributed by atoms with Crippen molar-refractivity contribution in [1.82, 2.24) is 0 Å². The van der Waals surface area contributed by atoms with Crippen LogP contribution in [0.3, 0.4) is 0 Å². The molecule has 0 saturated carbocycles. The van der Waals surface area contributed by atoms with Gasteiger partial charge < -0.3 is 4.90 Å². The molecule has 0 radical (unpaired) electrons. The van der Waals surface area contributed by atoms with Gasteiger partial charge in [0.1, 0.15) is 5.82 Å². The number of hydrogen-bond donors (Lipinski definition) is 0. The van der Waals surface area contributed by atoms with Crippen LogP contribution in [0.4, 0.5) is 15.8 Å². The number of hydrogen-bond acceptors (Lipinski definition) is 3. The first kappa shape index (κ1) is 14.6. The largest absolute Gasteiger partial charge is 0.309 e. The van der Waals surface area contributed by atoms with E-state index in [1.54, 1.807) is 6.92 Å². The minimum atomic E-state index is -0.551. The monoisotopic (exact) mass is 288 g/mol. The number of halogens is 1. The van der Waals surface area contributed by atoms with Gasteiger partial charge >= 0.3 is 0 Å². The van der Waals surface area contributed by atoms with Gasteiger partial charge in [0.25, 0.3) is 11.6 Å². The smallest absolute Gasteiger partial charge is 0.270 e. The average Bonchev–Trinajstić information content (AvgIpc) is 2.50. The van der Waals surface area contributed by atoms with Gasteiger partial charge in [0.15, 0.2) is 0 Å². The van der Waals surface area contributed by atoms with Crippen LogP contribution >= 0.6 is 0 Å². The summed E-state index contributed by atoms with van der Waals surface area (Å²) in [6, 6.07) is 11.0. The lowest BCUT2D eigenvalue weighted by Crippen LogP contribution is -2.30. The molecule has 0 spiro atoms. The fourth-order valence-electron chi connectivity index (χ4n) is 1.97. The van der Waals surface area contributed by atoms with Gasteiger partial charge in [-0.25, -0.2) is 4.39 Å². The van der Waals surface area contributed by atoms with Crippen LogP contribution in [-0.4, -0.2) is 17.4 Å². The highest BCUT2D eigenvalue weighted by Gasteiger charge is 2.18. The van der Waals surface area contributed by atoms with Gasteiger partial charge in [-0.15, -0.1) is 0 Å². The summed E-state index contributed by atoms with van der Waals surface area (Å²) in [6.07, 6.45) is 0. The van der Waals surface area contributed by atoms with E-state index < -0.39 is 10.7 Å². The van der Waals surface area contributed by atoms with Gasteiger partial charge in [0.05, 0.1) is 4.92 Å². The molecule has 6 heteroatoms. The van der Waals surface area contributed by atoms with E-state index in [0.717, 1.165) is 0 Å². The average molecular weight is 288 g/mol. The van der Waals surface area contributed by atoms with Crippen LogP contribution < -0.4 is 4.90 Å². The third kappa shape index (κ3) is 3.22. The summed E-state index contributed by atoms with van der Waals surface area (Å²) in [5.41, 5.74) is 0.613. The van der Waals surface area contributed by atoms with Crippen molar-refractivity contribution < 1.29 is 14.1 Å². The zero-order valence-electron chi connectivity index (χ0n) is 11.3. The van der Waals surface area contributed by atoms with Crippen LogP contribution in [0, 0.1) is 15.9 Å². The van der Waals surface area contributed by atoms with Crippen LogP contribution in [0.5, 0.6) is 0 Å². The third-order valence-corrected chi connectivity index (χ3v) is 3.00. The Labute approximate surface area is 120 Å². The summed E-state index contributed by atoms with van der Waals surface area (Å²) in [5.74, 6) is -0.759. The van der Waals surface area contributed by atoms with Gasteiger partial charge in [0.2, 0.25) is 0 Å². The molecule has 0 unspecified atom stereocenters. The van der Waals surface area contributed by atoms with Crippen LogP contribution in [-0.2, 0) is 0 Å². The van der Waals surface area contributed by atoms with E-state index in [-0.39, 0.29) is 17.2 Å². The van der Waals surface area contributed by atoms with Crippen molar-refractivity contribution >= 4 is 17.3 Å². The minimum absolute atomic E-state index is 0.143. The van der Waals surface area contributed by atoms with E-state index in [4.69, 9.17) is 0 Å². The highest BCUT2D eigenvalue weighted by atomic mass is 19.1. The minimum Gasteiger partial charge on any atom is -0.309 e. The van der Waals surface area contributed by atoms with Crippen molar-refractivity contribution in [3.8, 4) is 0 Å². The summed E-state index contributed by atoms with van der Waals surface area (Å²) >= 11 is 0. The van der Waals surface area contributed by atoms with Gasteiger partial charge in [-0.05, 0) is 37.3 Å². The molecule has 0 fully saturated rings. The standard InChI is InChI=1S/C15H13FN2O3/c1-2-17(13-8-6-12(16)7-9-13)15(19)11-4-3-5-14(10-11)18(20)21/h3-10H,2H2,1H3. The highest BCUT2D eigenvalue weighted by Crippen LogP contribution is 2.20. The Balaban J connectivity index is 2.34. The van der Waals surface area contributed by atoms with E-state index in [2.05, 4.69) is 0 Å². The molecule has 2 rings (SSSR count). The zero-order chi connectivity index (χ0) is 15.4. The molecule has 1 amide bonds. The summed E-state index contributed by atoms with van der Waals surface area (Å²) in [5, 5.41) is 10.8. The molecule has 0 aromatic heterocycles. The number of carbonyl (C=O) groups is 1. The first-order chi connectivity index (χ1) is 10.0. The van der Waals surface area contributed by atoms with E-state index in [1.165, 1.54) is 53.4 Å². The molecule has 21 heavy (non-hydrogen) atoms. The predicted octanol–water partition coefficient (Wildman–Crippen LogP) is 3.40. The van der Waals surface area contributed by atoms with Crippen molar-refractivity contribution in [2.45, 2.75) is 6.92 Å². The van der Waals surface area contributed by atoms with Crippen molar-refractivity contribution in [1.29, 1.82) is 0 Å². The number of amides is 1. The lowest BCUT2D eigenvalue weighted by atomic mass is 10.1. The second kappa shape index (κ2) is 6.13. The summed E-state index contributed by atoms with van der Waals surface area (Å²) in [7, 11) is 0. The molecule has 0 saturated heterocycles. The quantitative estimate of drug-likeness (QED) is 0.639. The van der Waals surface area contributed by atoms with Gasteiger partial charge in [-0.2, -0.15) is 0 Å². The van der Waals surface area contributed by atoms with E-state index >= 15 is 0 Å². The molecule has 0 aliphatic carbocycles. The fourth-order valence-corrected chi connectivity index (χ4v) is 1.97. The third-order valence-electron chi connectivity index (χ3n) is 3.00. The molecule has 0 aliphatic rings. The number of carbonyl (C=O) groups excluding carboxylic acids is 1. The summed E-state index contributed by atoms with van der Waals surface area (Å²) in [4.78, 5) is 24.1. The van der Waals surface area contributed by atoms with Crippen LogP contribution in [0.25, 0.3) is 0 Å². The lowest BCUT2D eigenvalue weighted by molar-refractivity contribution is -0.384. The molecule has 0 bridgehead atoms. The predicted molar refractivity (Wildman–Crippen MR) is 76.8 cm³/mol. The Morgan fingerprint density at radius 3 is 2.48 bits per heavy atom. The molecule has 0 heterocycles. The molecule has 0 aliphatic heterocycles. The fraction of sp³-hybridized carbons (Fsp3) is 0.133. The zero-order valence-corrected chi connectivity index (χ0v) is 11.3. The SMILES string of the molecule is CCN(C(=O)c1cccc([N+](=O)[O-])c1)c1ccc(F)cc1. The maximum absolute atomic E-state index is 12.9. The van der Waals surface area contributed by atoms with E-state index in [1.807, 2.05) is 0 Å². The number of non-ortho nitro benzene ring substituents is 1. The maximum Gasteiger partial charge on any atom is 0.270 e. The Bertz CT molecular complexity index is 671. The van der Waals surface area contributed by atoms with Crippen LogP contribution in [0.1, 0.15) is 17.3 Å². The first-order valence-electron chi connectivity index (χ1n) is 6.35. The molecule has 2 aromatic carbocycles.